The first kappa shape index (κ1) is 13.5. The van der Waals surface area contributed by atoms with Crippen molar-refractivity contribution in [1.82, 2.24) is 4.90 Å². The molecule has 1 amide bonds. The highest BCUT2D eigenvalue weighted by molar-refractivity contribution is 7.85. The van der Waals surface area contributed by atoms with E-state index in [-0.39, 0.29) is 11.3 Å². The molecule has 1 fully saturated rings. The number of nitrogens with zero attached hydrogens (tertiary/aromatic N) is 1. The summed E-state index contributed by atoms with van der Waals surface area (Å²) >= 11 is 1.63. The summed E-state index contributed by atoms with van der Waals surface area (Å²) in [4.78, 5) is 14.5. The monoisotopic (exact) mass is 287 g/mol. The molecule has 0 aromatic carbocycles. The maximum absolute atomic E-state index is 12.2. The van der Waals surface area contributed by atoms with Crippen molar-refractivity contribution in [1.29, 1.82) is 0 Å². The smallest absolute Gasteiger partial charge is 0.409 e. The van der Waals surface area contributed by atoms with Crippen LogP contribution in [0, 0.1) is 0 Å². The zero-order valence-electron chi connectivity index (χ0n) is 10.3. The Morgan fingerprint density at radius 1 is 1.61 bits per heavy atom. The van der Waals surface area contributed by atoms with Crippen LogP contribution in [-0.4, -0.2) is 40.7 Å². The number of carbonyl (C=O) groups excluding carboxylic acids is 1. The maximum atomic E-state index is 12.2. The number of thiophene rings is 1. The largest absolute Gasteiger partial charge is 0.450 e. The van der Waals surface area contributed by atoms with E-state index in [9.17, 15) is 9.00 Å². The Labute approximate surface area is 113 Å². The van der Waals surface area contributed by atoms with Crippen molar-refractivity contribution in [3.05, 3.63) is 22.4 Å². The molecular formula is C12H17NO3S2. The molecular weight excluding hydrogens is 270 g/mol. The molecule has 100 valence electrons. The number of rotatable bonds is 2. The van der Waals surface area contributed by atoms with Gasteiger partial charge in [-0.2, -0.15) is 0 Å². The molecule has 0 aliphatic carbocycles. The summed E-state index contributed by atoms with van der Waals surface area (Å²) in [6.45, 7) is 3.32. The van der Waals surface area contributed by atoms with E-state index in [2.05, 4.69) is 0 Å². The predicted molar refractivity (Wildman–Crippen MR) is 73.3 cm³/mol. The molecule has 1 saturated heterocycles. The number of amides is 1. The molecule has 1 aromatic heterocycles. The van der Waals surface area contributed by atoms with Crippen LogP contribution in [0.4, 0.5) is 4.79 Å². The number of carbonyl (C=O) groups is 1. The van der Waals surface area contributed by atoms with E-state index in [0.29, 0.717) is 25.4 Å². The molecule has 1 aromatic rings. The fourth-order valence-electron chi connectivity index (χ4n) is 2.00. The molecule has 2 unspecified atom stereocenters. The SMILES string of the molecule is CCOC(=O)N1CCC(c2cccs2)S(=O)CC1. The lowest BCUT2D eigenvalue weighted by molar-refractivity contribution is 0.110. The van der Waals surface area contributed by atoms with Gasteiger partial charge in [0.2, 0.25) is 0 Å². The Kier molecular flexibility index (Phi) is 4.77. The Morgan fingerprint density at radius 2 is 2.44 bits per heavy atom. The van der Waals surface area contributed by atoms with Gasteiger partial charge in [-0.15, -0.1) is 11.3 Å². The zero-order chi connectivity index (χ0) is 13.0. The van der Waals surface area contributed by atoms with Crippen molar-refractivity contribution in [3.8, 4) is 0 Å². The van der Waals surface area contributed by atoms with Crippen molar-refractivity contribution in [3.63, 3.8) is 0 Å². The molecule has 1 aliphatic rings. The molecule has 4 nitrogen and oxygen atoms in total. The van der Waals surface area contributed by atoms with Crippen LogP contribution in [-0.2, 0) is 15.5 Å². The van der Waals surface area contributed by atoms with Crippen molar-refractivity contribution in [2.24, 2.45) is 0 Å². The van der Waals surface area contributed by atoms with E-state index in [0.717, 1.165) is 11.3 Å². The molecule has 0 bridgehead atoms. The van der Waals surface area contributed by atoms with Crippen molar-refractivity contribution in [2.75, 3.05) is 25.4 Å². The molecule has 0 saturated carbocycles. The van der Waals surface area contributed by atoms with Crippen molar-refractivity contribution in [2.45, 2.75) is 18.6 Å². The summed E-state index contributed by atoms with van der Waals surface area (Å²) in [5.74, 6) is 0.529. The molecule has 18 heavy (non-hydrogen) atoms. The second-order valence-corrected chi connectivity index (χ2v) is 6.78. The quantitative estimate of drug-likeness (QED) is 0.839. The lowest BCUT2D eigenvalue weighted by atomic mass is 10.2. The van der Waals surface area contributed by atoms with E-state index in [1.54, 1.807) is 23.2 Å². The minimum absolute atomic E-state index is 0.0597. The van der Waals surface area contributed by atoms with Crippen LogP contribution in [0.3, 0.4) is 0 Å². The maximum Gasteiger partial charge on any atom is 0.409 e. The van der Waals surface area contributed by atoms with Gasteiger partial charge in [-0.1, -0.05) is 6.07 Å². The van der Waals surface area contributed by atoms with E-state index < -0.39 is 10.8 Å². The van der Waals surface area contributed by atoms with E-state index in [4.69, 9.17) is 4.74 Å². The van der Waals surface area contributed by atoms with Gasteiger partial charge < -0.3 is 9.64 Å². The summed E-state index contributed by atoms with van der Waals surface area (Å²) in [6, 6.07) is 4.00. The zero-order valence-corrected chi connectivity index (χ0v) is 12.0. The first-order valence-electron chi connectivity index (χ1n) is 6.04. The molecule has 0 N–H and O–H groups in total. The minimum atomic E-state index is -0.905. The summed E-state index contributed by atoms with van der Waals surface area (Å²) < 4.78 is 17.2. The van der Waals surface area contributed by atoms with Crippen LogP contribution >= 0.6 is 11.3 Å². The molecule has 2 heterocycles. The van der Waals surface area contributed by atoms with Gasteiger partial charge in [0.25, 0.3) is 0 Å². The standard InChI is InChI=1S/C12H17NO3S2/c1-2-16-12(14)13-6-5-11(18(15)9-7-13)10-4-3-8-17-10/h3-4,8,11H,2,5-7,9H2,1H3. The number of hydrogen-bond donors (Lipinski definition) is 0. The fraction of sp³-hybridized carbons (Fsp3) is 0.583. The first-order chi connectivity index (χ1) is 8.72. The highest BCUT2D eigenvalue weighted by Crippen LogP contribution is 2.30. The fourth-order valence-corrected chi connectivity index (χ4v) is 4.62. The Bertz CT molecular complexity index is 419. The van der Waals surface area contributed by atoms with Crippen LogP contribution in [0.1, 0.15) is 23.5 Å². The van der Waals surface area contributed by atoms with Gasteiger partial charge in [0.15, 0.2) is 0 Å². The lowest BCUT2D eigenvalue weighted by Gasteiger charge is -2.18. The van der Waals surface area contributed by atoms with E-state index in [1.807, 2.05) is 17.5 Å². The van der Waals surface area contributed by atoms with Crippen LogP contribution in [0.25, 0.3) is 0 Å². The molecule has 2 atom stereocenters. The van der Waals surface area contributed by atoms with Crippen molar-refractivity contribution >= 4 is 28.2 Å². The topological polar surface area (TPSA) is 46.6 Å². The van der Waals surface area contributed by atoms with Gasteiger partial charge in [-0.25, -0.2) is 4.79 Å². The summed E-state index contributed by atoms with van der Waals surface area (Å²) in [6.07, 6.45) is 0.452. The predicted octanol–water partition coefficient (Wildman–Crippen LogP) is 2.40. The van der Waals surface area contributed by atoms with Gasteiger partial charge in [0.05, 0.1) is 11.9 Å². The van der Waals surface area contributed by atoms with Crippen molar-refractivity contribution < 1.29 is 13.7 Å². The molecule has 1 aliphatic heterocycles. The lowest BCUT2D eigenvalue weighted by Crippen LogP contribution is -2.33. The van der Waals surface area contributed by atoms with Crippen LogP contribution in [0.2, 0.25) is 0 Å². The van der Waals surface area contributed by atoms with Gasteiger partial charge in [0, 0.05) is 34.5 Å². The number of hydrogen-bond acceptors (Lipinski definition) is 4. The average molecular weight is 287 g/mol. The average Bonchev–Trinajstić information content (AvgIpc) is 2.80. The van der Waals surface area contributed by atoms with Crippen LogP contribution in [0.5, 0.6) is 0 Å². The Hall–Kier alpha value is -0.880. The summed E-state index contributed by atoms with van der Waals surface area (Å²) in [5.41, 5.74) is 0. The summed E-state index contributed by atoms with van der Waals surface area (Å²) in [7, 11) is -0.905. The van der Waals surface area contributed by atoms with Crippen LogP contribution in [0.15, 0.2) is 17.5 Å². The highest BCUT2D eigenvalue weighted by Gasteiger charge is 2.27. The van der Waals surface area contributed by atoms with E-state index in [1.165, 1.54) is 0 Å². The third-order valence-electron chi connectivity index (χ3n) is 2.93. The molecule has 0 radical (unpaired) electrons. The minimum Gasteiger partial charge on any atom is -0.450 e. The van der Waals surface area contributed by atoms with Gasteiger partial charge in [0.1, 0.15) is 0 Å². The Morgan fingerprint density at radius 3 is 3.11 bits per heavy atom. The number of ether oxygens (including phenoxy) is 1. The third kappa shape index (κ3) is 3.11. The Balaban J connectivity index is 2.02. The molecule has 2 rings (SSSR count). The molecule has 6 heteroatoms. The van der Waals surface area contributed by atoms with Gasteiger partial charge in [-0.3, -0.25) is 4.21 Å². The molecule has 0 spiro atoms. The normalized spacial score (nSPS) is 24.6. The third-order valence-corrected chi connectivity index (χ3v) is 5.77. The van der Waals surface area contributed by atoms with Gasteiger partial charge in [-0.05, 0) is 24.8 Å². The van der Waals surface area contributed by atoms with Crippen LogP contribution < -0.4 is 0 Å². The highest BCUT2D eigenvalue weighted by atomic mass is 32.2. The van der Waals surface area contributed by atoms with Gasteiger partial charge >= 0.3 is 6.09 Å². The summed E-state index contributed by atoms with van der Waals surface area (Å²) in [5, 5.41) is 2.06. The second-order valence-electron chi connectivity index (χ2n) is 4.06. The first-order valence-corrected chi connectivity index (χ1v) is 8.30. The second kappa shape index (κ2) is 6.33. The van der Waals surface area contributed by atoms with E-state index >= 15 is 0 Å².